The third-order valence-corrected chi connectivity index (χ3v) is 3.22. The van der Waals surface area contributed by atoms with E-state index in [1.54, 1.807) is 0 Å². The summed E-state index contributed by atoms with van der Waals surface area (Å²) in [6.45, 7) is 5.94. The van der Waals surface area contributed by atoms with E-state index in [0.29, 0.717) is 5.15 Å². The van der Waals surface area contributed by atoms with Crippen molar-refractivity contribution in [2.45, 2.75) is 27.2 Å². The maximum Gasteiger partial charge on any atom is 0.136 e. The number of aromatic nitrogens is 2. The third kappa shape index (κ3) is 2.64. The molecular weight excluding hydrogens is 232 g/mol. The minimum absolute atomic E-state index is 0.568. The van der Waals surface area contributed by atoms with Crippen LogP contribution in [0.15, 0.2) is 24.3 Å². The van der Waals surface area contributed by atoms with E-state index in [9.17, 15) is 0 Å². The van der Waals surface area contributed by atoms with Crippen molar-refractivity contribution in [3.8, 4) is 0 Å². The van der Waals surface area contributed by atoms with Crippen LogP contribution in [0.25, 0.3) is 0 Å². The van der Waals surface area contributed by atoms with E-state index in [1.807, 2.05) is 26.0 Å². The normalized spacial score (nSPS) is 10.6. The van der Waals surface area contributed by atoms with Crippen LogP contribution in [-0.4, -0.2) is 9.97 Å². The standard InChI is InChI=1S/C14H15ClN2/c1-9-6-4-5-7-12(9)8-13-10(2)16-11(3)17-14(13)15/h4-7H,8H2,1-3H3. The largest absolute Gasteiger partial charge is 0.238 e. The molecule has 2 rings (SSSR count). The average molecular weight is 247 g/mol. The van der Waals surface area contributed by atoms with Crippen LogP contribution in [0, 0.1) is 20.8 Å². The van der Waals surface area contributed by atoms with Gasteiger partial charge in [0.25, 0.3) is 0 Å². The fourth-order valence-corrected chi connectivity index (χ4v) is 2.22. The van der Waals surface area contributed by atoms with Gasteiger partial charge in [-0.15, -0.1) is 0 Å². The van der Waals surface area contributed by atoms with E-state index >= 15 is 0 Å². The van der Waals surface area contributed by atoms with Gasteiger partial charge in [0.05, 0.1) is 0 Å². The second-order valence-electron chi connectivity index (χ2n) is 4.23. The zero-order chi connectivity index (χ0) is 12.4. The van der Waals surface area contributed by atoms with Crippen LogP contribution in [0.5, 0.6) is 0 Å². The number of rotatable bonds is 2. The van der Waals surface area contributed by atoms with Crippen LogP contribution >= 0.6 is 11.6 Å². The summed E-state index contributed by atoms with van der Waals surface area (Å²) in [6.07, 6.45) is 0.789. The lowest BCUT2D eigenvalue weighted by Crippen LogP contribution is -2.02. The maximum absolute atomic E-state index is 6.19. The number of nitrogens with zero attached hydrogens (tertiary/aromatic N) is 2. The van der Waals surface area contributed by atoms with Crippen molar-refractivity contribution in [2.75, 3.05) is 0 Å². The fraction of sp³-hybridized carbons (Fsp3) is 0.286. The first-order chi connectivity index (χ1) is 8.08. The van der Waals surface area contributed by atoms with E-state index in [2.05, 4.69) is 29.0 Å². The Morgan fingerprint density at radius 1 is 1.06 bits per heavy atom. The molecule has 0 bridgehead atoms. The lowest BCUT2D eigenvalue weighted by atomic mass is 10.0. The van der Waals surface area contributed by atoms with E-state index in [4.69, 9.17) is 11.6 Å². The highest BCUT2D eigenvalue weighted by atomic mass is 35.5. The van der Waals surface area contributed by atoms with Gasteiger partial charge < -0.3 is 0 Å². The Morgan fingerprint density at radius 3 is 2.41 bits per heavy atom. The molecule has 0 saturated heterocycles. The van der Waals surface area contributed by atoms with Crippen LogP contribution in [-0.2, 0) is 6.42 Å². The summed E-state index contributed by atoms with van der Waals surface area (Å²) >= 11 is 6.19. The monoisotopic (exact) mass is 246 g/mol. The molecule has 0 saturated carbocycles. The van der Waals surface area contributed by atoms with Crippen molar-refractivity contribution < 1.29 is 0 Å². The van der Waals surface area contributed by atoms with Crippen molar-refractivity contribution in [2.24, 2.45) is 0 Å². The first kappa shape index (κ1) is 12.1. The number of halogens is 1. The van der Waals surface area contributed by atoms with Crippen LogP contribution in [0.4, 0.5) is 0 Å². The van der Waals surface area contributed by atoms with Crippen LogP contribution in [0.2, 0.25) is 5.15 Å². The molecule has 0 spiro atoms. The molecule has 1 heterocycles. The summed E-state index contributed by atoms with van der Waals surface area (Å²) in [5.41, 5.74) is 4.52. The maximum atomic E-state index is 6.19. The zero-order valence-electron chi connectivity index (χ0n) is 10.3. The molecule has 0 fully saturated rings. The molecule has 17 heavy (non-hydrogen) atoms. The molecule has 0 aliphatic carbocycles. The van der Waals surface area contributed by atoms with E-state index in [-0.39, 0.29) is 0 Å². The van der Waals surface area contributed by atoms with E-state index in [0.717, 1.165) is 23.5 Å². The van der Waals surface area contributed by atoms with Gasteiger partial charge in [0.1, 0.15) is 11.0 Å². The Balaban J connectivity index is 2.40. The lowest BCUT2D eigenvalue weighted by Gasteiger charge is -2.10. The van der Waals surface area contributed by atoms with Gasteiger partial charge in [-0.2, -0.15) is 0 Å². The van der Waals surface area contributed by atoms with Gasteiger partial charge in [-0.3, -0.25) is 0 Å². The second-order valence-corrected chi connectivity index (χ2v) is 4.59. The second kappa shape index (κ2) is 4.84. The van der Waals surface area contributed by atoms with Crippen molar-refractivity contribution in [1.29, 1.82) is 0 Å². The molecule has 0 N–H and O–H groups in total. The summed E-state index contributed by atoms with van der Waals surface area (Å²) in [4.78, 5) is 8.58. The molecule has 0 amide bonds. The summed E-state index contributed by atoms with van der Waals surface area (Å²) in [7, 11) is 0. The topological polar surface area (TPSA) is 25.8 Å². The van der Waals surface area contributed by atoms with Gasteiger partial charge in [0.2, 0.25) is 0 Å². The highest BCUT2D eigenvalue weighted by Crippen LogP contribution is 2.21. The van der Waals surface area contributed by atoms with Gasteiger partial charge in [-0.05, 0) is 31.9 Å². The quantitative estimate of drug-likeness (QED) is 0.756. The SMILES string of the molecule is Cc1nc(C)c(Cc2ccccc2C)c(Cl)n1. The first-order valence-electron chi connectivity index (χ1n) is 5.62. The molecule has 0 radical (unpaired) electrons. The lowest BCUT2D eigenvalue weighted by molar-refractivity contribution is 0.957. The predicted molar refractivity (Wildman–Crippen MR) is 70.5 cm³/mol. The van der Waals surface area contributed by atoms with Crippen molar-refractivity contribution in [1.82, 2.24) is 9.97 Å². The Hall–Kier alpha value is -1.41. The molecule has 1 aromatic heterocycles. The highest BCUT2D eigenvalue weighted by Gasteiger charge is 2.10. The average Bonchev–Trinajstić information content (AvgIpc) is 2.25. The smallest absolute Gasteiger partial charge is 0.136 e. The van der Waals surface area contributed by atoms with Crippen LogP contribution in [0.3, 0.4) is 0 Å². The van der Waals surface area contributed by atoms with Crippen molar-refractivity contribution in [3.63, 3.8) is 0 Å². The predicted octanol–water partition coefficient (Wildman–Crippen LogP) is 3.65. The molecule has 88 valence electrons. The van der Waals surface area contributed by atoms with Gasteiger partial charge in [0, 0.05) is 17.7 Å². The Bertz CT molecular complexity index is 527. The van der Waals surface area contributed by atoms with Crippen LogP contribution < -0.4 is 0 Å². The molecule has 0 aliphatic heterocycles. The first-order valence-corrected chi connectivity index (χ1v) is 6.00. The number of aryl methyl sites for hydroxylation is 3. The van der Waals surface area contributed by atoms with E-state index < -0.39 is 0 Å². The van der Waals surface area contributed by atoms with Gasteiger partial charge >= 0.3 is 0 Å². The highest BCUT2D eigenvalue weighted by molar-refractivity contribution is 6.30. The number of hydrogen-bond acceptors (Lipinski definition) is 2. The number of hydrogen-bond donors (Lipinski definition) is 0. The minimum Gasteiger partial charge on any atom is -0.238 e. The van der Waals surface area contributed by atoms with Crippen molar-refractivity contribution in [3.05, 3.63) is 57.6 Å². The van der Waals surface area contributed by atoms with Crippen molar-refractivity contribution >= 4 is 11.6 Å². The molecule has 3 heteroatoms. The van der Waals surface area contributed by atoms with Gasteiger partial charge in [-0.25, -0.2) is 9.97 Å². The summed E-state index contributed by atoms with van der Waals surface area (Å²) in [5, 5.41) is 0.568. The summed E-state index contributed by atoms with van der Waals surface area (Å²) < 4.78 is 0. The third-order valence-electron chi connectivity index (χ3n) is 2.90. The molecule has 0 atom stereocenters. The van der Waals surface area contributed by atoms with Gasteiger partial charge in [-0.1, -0.05) is 35.9 Å². The molecule has 2 aromatic rings. The molecule has 0 unspecified atom stereocenters. The zero-order valence-corrected chi connectivity index (χ0v) is 11.0. The summed E-state index contributed by atoms with van der Waals surface area (Å²) in [6, 6.07) is 8.30. The van der Waals surface area contributed by atoms with Gasteiger partial charge in [0.15, 0.2) is 0 Å². The Labute approximate surface area is 107 Å². The van der Waals surface area contributed by atoms with E-state index in [1.165, 1.54) is 11.1 Å². The minimum atomic E-state index is 0.568. The summed E-state index contributed by atoms with van der Waals surface area (Å²) in [5.74, 6) is 0.723. The number of benzene rings is 1. The molecule has 2 nitrogen and oxygen atoms in total. The van der Waals surface area contributed by atoms with Crippen LogP contribution in [0.1, 0.15) is 28.2 Å². The Morgan fingerprint density at radius 2 is 1.76 bits per heavy atom. The molecule has 1 aromatic carbocycles. The molecular formula is C14H15ClN2. The fourth-order valence-electron chi connectivity index (χ4n) is 1.89. The molecule has 0 aliphatic rings. The Kier molecular flexibility index (Phi) is 3.43.